The average molecular weight is 603 g/mol. The molecule has 7 heteroatoms. The predicted octanol–water partition coefficient (Wildman–Crippen LogP) is 6.58. The average Bonchev–Trinajstić information content (AvgIpc) is 2.79. The molecule has 0 atom stereocenters. The molecule has 3 rings (SSSR count). The molecule has 0 bridgehead atoms. The molecule has 0 fully saturated rings. The number of amides is 1. The zero-order valence-electron chi connectivity index (χ0n) is 17.3. The number of benzene rings is 3. The van der Waals surface area contributed by atoms with Crippen molar-refractivity contribution in [3.05, 3.63) is 91.5 Å². The van der Waals surface area contributed by atoms with Gasteiger partial charge >= 0.3 is 0 Å². The summed E-state index contributed by atoms with van der Waals surface area (Å²) in [6.07, 6.45) is 1.53. The minimum Gasteiger partial charge on any atom is -0.490 e. The van der Waals surface area contributed by atoms with Gasteiger partial charge in [-0.25, -0.2) is 0 Å². The first-order valence-electron chi connectivity index (χ1n) is 9.81. The van der Waals surface area contributed by atoms with E-state index in [1.54, 1.807) is 30.3 Å². The lowest BCUT2D eigenvalue weighted by molar-refractivity contribution is -0.112. The fourth-order valence-corrected chi connectivity index (χ4v) is 3.41. The molecule has 0 heterocycles. The summed E-state index contributed by atoms with van der Waals surface area (Å²) in [5, 5.41) is 12.2. The van der Waals surface area contributed by atoms with Crippen LogP contribution in [0.3, 0.4) is 0 Å². The number of hydrogen-bond acceptors (Lipinski definition) is 4. The van der Waals surface area contributed by atoms with Gasteiger partial charge in [0.1, 0.15) is 18.2 Å². The van der Waals surface area contributed by atoms with Crippen LogP contribution < -0.4 is 14.8 Å². The molecule has 0 radical (unpaired) electrons. The molecule has 0 unspecified atom stereocenters. The Bertz CT molecular complexity index is 1150. The number of anilines is 1. The lowest BCUT2D eigenvalue weighted by Gasteiger charge is -2.13. The Morgan fingerprint density at radius 1 is 1.06 bits per heavy atom. The third kappa shape index (κ3) is 6.84. The summed E-state index contributed by atoms with van der Waals surface area (Å²) in [6, 6.07) is 22.5. The van der Waals surface area contributed by atoms with E-state index in [4.69, 9.17) is 9.47 Å². The van der Waals surface area contributed by atoms with Gasteiger partial charge < -0.3 is 14.8 Å². The first-order chi connectivity index (χ1) is 15.5. The van der Waals surface area contributed by atoms with Crippen molar-refractivity contribution in [1.82, 2.24) is 0 Å². The summed E-state index contributed by atoms with van der Waals surface area (Å²) < 4.78 is 13.7. The molecular formula is C25H20BrIN2O3. The lowest BCUT2D eigenvalue weighted by atomic mass is 10.1. The summed E-state index contributed by atoms with van der Waals surface area (Å²) in [5.74, 6) is 0.671. The molecule has 0 aromatic heterocycles. The standard InChI is InChI=1S/C25H20BrIN2O3/c1-2-31-24-14-18(5-12-23(24)32-16-17-3-6-20(26)7-4-17)13-19(15-28)25(30)29-22-10-8-21(27)9-11-22/h3-14H,2,16H2,1H3,(H,29,30)/b19-13+. The van der Waals surface area contributed by atoms with Gasteiger partial charge in [0.15, 0.2) is 11.5 Å². The first kappa shape index (κ1) is 23.8. The van der Waals surface area contributed by atoms with Crippen molar-refractivity contribution in [3.63, 3.8) is 0 Å². The predicted molar refractivity (Wildman–Crippen MR) is 137 cm³/mol. The van der Waals surface area contributed by atoms with Crippen molar-refractivity contribution in [2.45, 2.75) is 13.5 Å². The smallest absolute Gasteiger partial charge is 0.266 e. The third-order valence-corrected chi connectivity index (χ3v) is 5.60. The SMILES string of the molecule is CCOc1cc(/C=C(\C#N)C(=O)Nc2ccc(I)cc2)ccc1OCc1ccc(Br)cc1. The van der Waals surface area contributed by atoms with E-state index in [0.29, 0.717) is 36.0 Å². The summed E-state index contributed by atoms with van der Waals surface area (Å²) in [5.41, 5.74) is 2.32. The molecule has 0 saturated heterocycles. The molecule has 3 aromatic carbocycles. The zero-order valence-corrected chi connectivity index (χ0v) is 21.0. The number of nitriles is 1. The maximum atomic E-state index is 12.5. The molecule has 3 aromatic rings. The van der Waals surface area contributed by atoms with Gasteiger partial charge in [0.05, 0.1) is 6.61 Å². The number of carbonyl (C=O) groups excluding carboxylic acids is 1. The fraction of sp³-hybridized carbons (Fsp3) is 0.120. The lowest BCUT2D eigenvalue weighted by Crippen LogP contribution is -2.13. The molecule has 0 saturated carbocycles. The van der Waals surface area contributed by atoms with Gasteiger partial charge in [-0.1, -0.05) is 34.1 Å². The highest BCUT2D eigenvalue weighted by Crippen LogP contribution is 2.30. The maximum absolute atomic E-state index is 12.5. The second-order valence-corrected chi connectivity index (χ2v) is 8.85. The first-order valence-corrected chi connectivity index (χ1v) is 11.7. The summed E-state index contributed by atoms with van der Waals surface area (Å²) in [6.45, 7) is 2.74. The van der Waals surface area contributed by atoms with Crippen LogP contribution in [0.1, 0.15) is 18.1 Å². The van der Waals surface area contributed by atoms with Gasteiger partial charge in [0, 0.05) is 13.7 Å². The normalized spacial score (nSPS) is 10.9. The number of hydrogen-bond donors (Lipinski definition) is 1. The van der Waals surface area contributed by atoms with E-state index in [-0.39, 0.29) is 5.57 Å². The van der Waals surface area contributed by atoms with Gasteiger partial charge in [-0.2, -0.15) is 5.26 Å². The Kier molecular flexibility index (Phi) is 8.71. The van der Waals surface area contributed by atoms with Crippen LogP contribution in [0.5, 0.6) is 11.5 Å². The van der Waals surface area contributed by atoms with Crippen molar-refractivity contribution >= 4 is 56.2 Å². The number of carbonyl (C=O) groups is 1. The highest BCUT2D eigenvalue weighted by molar-refractivity contribution is 14.1. The minimum atomic E-state index is -0.470. The summed E-state index contributed by atoms with van der Waals surface area (Å²) in [4.78, 5) is 12.5. The van der Waals surface area contributed by atoms with Crippen LogP contribution in [0.4, 0.5) is 5.69 Å². The van der Waals surface area contributed by atoms with E-state index >= 15 is 0 Å². The van der Waals surface area contributed by atoms with Gasteiger partial charge in [-0.15, -0.1) is 0 Å². The second kappa shape index (κ2) is 11.7. The monoisotopic (exact) mass is 602 g/mol. The summed E-state index contributed by atoms with van der Waals surface area (Å²) in [7, 11) is 0. The van der Waals surface area contributed by atoms with Gasteiger partial charge in [-0.3, -0.25) is 4.79 Å². The van der Waals surface area contributed by atoms with Crippen molar-refractivity contribution in [2.75, 3.05) is 11.9 Å². The third-order valence-electron chi connectivity index (χ3n) is 4.35. The Morgan fingerprint density at radius 2 is 1.78 bits per heavy atom. The molecule has 0 aliphatic heterocycles. The largest absolute Gasteiger partial charge is 0.490 e. The van der Waals surface area contributed by atoms with Crippen LogP contribution in [-0.4, -0.2) is 12.5 Å². The Balaban J connectivity index is 1.76. The Labute approximate surface area is 209 Å². The maximum Gasteiger partial charge on any atom is 0.266 e. The van der Waals surface area contributed by atoms with Gasteiger partial charge in [0.2, 0.25) is 0 Å². The van der Waals surface area contributed by atoms with Crippen LogP contribution in [0.15, 0.2) is 76.8 Å². The van der Waals surface area contributed by atoms with Gasteiger partial charge in [-0.05, 0) is 95.2 Å². The highest BCUT2D eigenvalue weighted by Gasteiger charge is 2.12. The topological polar surface area (TPSA) is 71.3 Å². The van der Waals surface area contributed by atoms with E-state index in [1.165, 1.54) is 6.08 Å². The van der Waals surface area contributed by atoms with E-state index in [2.05, 4.69) is 43.8 Å². The van der Waals surface area contributed by atoms with Gasteiger partial charge in [0.25, 0.3) is 5.91 Å². The molecular weight excluding hydrogens is 583 g/mol. The quantitative estimate of drug-likeness (QED) is 0.180. The molecule has 0 spiro atoms. The minimum absolute atomic E-state index is 0.00507. The van der Waals surface area contributed by atoms with E-state index in [9.17, 15) is 10.1 Å². The fourth-order valence-electron chi connectivity index (χ4n) is 2.79. The van der Waals surface area contributed by atoms with Crippen LogP contribution in [0.2, 0.25) is 0 Å². The van der Waals surface area contributed by atoms with Crippen molar-refractivity contribution in [1.29, 1.82) is 5.26 Å². The number of halogens is 2. The van der Waals surface area contributed by atoms with Crippen molar-refractivity contribution in [3.8, 4) is 17.6 Å². The summed E-state index contributed by atoms with van der Waals surface area (Å²) >= 11 is 5.61. The molecule has 0 aliphatic rings. The Hall–Kier alpha value is -2.83. The molecule has 162 valence electrons. The van der Waals surface area contributed by atoms with Crippen molar-refractivity contribution in [2.24, 2.45) is 0 Å². The van der Waals surface area contributed by atoms with Crippen LogP contribution >= 0.6 is 38.5 Å². The number of nitrogens with zero attached hydrogens (tertiary/aromatic N) is 1. The highest BCUT2D eigenvalue weighted by atomic mass is 127. The van der Waals surface area contributed by atoms with Crippen LogP contribution in [0.25, 0.3) is 6.08 Å². The molecule has 1 N–H and O–H groups in total. The van der Waals surface area contributed by atoms with Crippen molar-refractivity contribution < 1.29 is 14.3 Å². The van der Waals surface area contributed by atoms with E-state index in [0.717, 1.165) is 13.6 Å². The molecule has 32 heavy (non-hydrogen) atoms. The van der Waals surface area contributed by atoms with E-state index < -0.39 is 5.91 Å². The second-order valence-electron chi connectivity index (χ2n) is 6.69. The van der Waals surface area contributed by atoms with Crippen LogP contribution in [-0.2, 0) is 11.4 Å². The number of nitrogens with one attached hydrogen (secondary N) is 1. The Morgan fingerprint density at radius 3 is 2.44 bits per heavy atom. The number of ether oxygens (including phenoxy) is 2. The molecule has 0 aliphatic carbocycles. The zero-order chi connectivity index (χ0) is 22.9. The van der Waals surface area contributed by atoms with Crippen LogP contribution in [0, 0.1) is 14.9 Å². The number of rotatable bonds is 8. The molecule has 1 amide bonds. The molecule has 5 nitrogen and oxygen atoms in total. The van der Waals surface area contributed by atoms with E-state index in [1.807, 2.05) is 49.4 Å².